The van der Waals surface area contributed by atoms with Crippen molar-refractivity contribution in [2.45, 2.75) is 16.6 Å². The molecule has 2 aliphatic heterocycles. The molecule has 0 saturated carbocycles. The van der Waals surface area contributed by atoms with E-state index in [0.29, 0.717) is 5.25 Å². The molecule has 1 nitrogen and oxygen atoms in total. The molecule has 1 N–H and O–H groups in total. The first-order chi connectivity index (χ1) is 6.93. The van der Waals surface area contributed by atoms with Gasteiger partial charge >= 0.3 is 0 Å². The molecule has 2 heterocycles. The molecule has 1 unspecified atom stereocenters. The molecular formula is C12H13NS. The first kappa shape index (κ1) is 8.57. The summed E-state index contributed by atoms with van der Waals surface area (Å²) in [7, 11) is 0. The van der Waals surface area contributed by atoms with Gasteiger partial charge in [0.15, 0.2) is 0 Å². The molecule has 0 aliphatic carbocycles. The highest BCUT2D eigenvalue weighted by Gasteiger charge is 2.23. The number of hydrogen-bond donors (Lipinski definition) is 1. The minimum atomic E-state index is 0.679. The van der Waals surface area contributed by atoms with Crippen LogP contribution < -0.4 is 5.32 Å². The summed E-state index contributed by atoms with van der Waals surface area (Å²) in [6.45, 7) is 2.27. The third-order valence-electron chi connectivity index (χ3n) is 2.86. The fraction of sp³-hybridized carbons (Fsp3) is 0.333. The van der Waals surface area contributed by atoms with Gasteiger partial charge in [0.25, 0.3) is 0 Å². The van der Waals surface area contributed by atoms with Gasteiger partial charge in [-0.25, -0.2) is 0 Å². The average Bonchev–Trinajstić information content (AvgIpc) is 2.26. The Morgan fingerprint density at radius 3 is 3.21 bits per heavy atom. The molecule has 0 amide bonds. The standard InChI is InChI=1S/C12H13NS/c1-2-4-11-9(3-1)7-10-5-6-13-8-12(10)14-11/h1-4,7,12-13H,5-6,8H2. The Hall–Kier alpha value is -0.730. The van der Waals surface area contributed by atoms with E-state index in [9.17, 15) is 0 Å². The molecule has 14 heavy (non-hydrogen) atoms. The molecule has 1 aromatic carbocycles. The Labute approximate surface area is 88.6 Å². The minimum Gasteiger partial charge on any atom is -0.315 e. The summed E-state index contributed by atoms with van der Waals surface area (Å²) in [4.78, 5) is 1.44. The number of fused-ring (bicyclic) bond motifs is 2. The van der Waals surface area contributed by atoms with E-state index >= 15 is 0 Å². The number of nitrogens with one attached hydrogen (secondary N) is 1. The SMILES string of the molecule is C1=C2CCNCC2Sc2ccccc21. The first-order valence-electron chi connectivity index (χ1n) is 5.10. The lowest BCUT2D eigenvalue weighted by atomic mass is 10.0. The largest absolute Gasteiger partial charge is 0.315 e. The zero-order chi connectivity index (χ0) is 9.38. The molecule has 0 bridgehead atoms. The molecule has 2 heteroatoms. The van der Waals surface area contributed by atoms with Gasteiger partial charge in [-0.2, -0.15) is 0 Å². The molecule has 2 aliphatic rings. The molecule has 72 valence electrons. The molecule has 1 atom stereocenters. The summed E-state index contributed by atoms with van der Waals surface area (Å²) in [6.07, 6.45) is 3.60. The van der Waals surface area contributed by atoms with Crippen LogP contribution in [0.4, 0.5) is 0 Å². The van der Waals surface area contributed by atoms with Crippen molar-refractivity contribution in [1.29, 1.82) is 0 Å². The summed E-state index contributed by atoms with van der Waals surface area (Å²) in [5, 5.41) is 4.13. The summed E-state index contributed by atoms with van der Waals surface area (Å²) >= 11 is 2.01. The zero-order valence-corrected chi connectivity index (χ0v) is 8.81. The third-order valence-corrected chi connectivity index (χ3v) is 4.24. The lowest BCUT2D eigenvalue weighted by Gasteiger charge is -2.29. The highest BCUT2D eigenvalue weighted by molar-refractivity contribution is 8.00. The van der Waals surface area contributed by atoms with Crippen LogP contribution in [0.3, 0.4) is 0 Å². The van der Waals surface area contributed by atoms with Gasteiger partial charge in [-0.15, -0.1) is 11.8 Å². The van der Waals surface area contributed by atoms with Crippen molar-refractivity contribution < 1.29 is 0 Å². The van der Waals surface area contributed by atoms with Crippen LogP contribution >= 0.6 is 11.8 Å². The van der Waals surface area contributed by atoms with E-state index in [4.69, 9.17) is 0 Å². The molecule has 0 radical (unpaired) electrons. The monoisotopic (exact) mass is 203 g/mol. The van der Waals surface area contributed by atoms with E-state index in [-0.39, 0.29) is 0 Å². The van der Waals surface area contributed by atoms with Crippen molar-refractivity contribution in [3.05, 3.63) is 35.4 Å². The van der Waals surface area contributed by atoms with E-state index in [1.165, 1.54) is 16.9 Å². The van der Waals surface area contributed by atoms with Gasteiger partial charge in [0, 0.05) is 16.7 Å². The fourth-order valence-corrected chi connectivity index (χ4v) is 3.37. The van der Waals surface area contributed by atoms with Crippen LogP contribution in [0.15, 0.2) is 34.7 Å². The van der Waals surface area contributed by atoms with Gasteiger partial charge in [0.05, 0.1) is 0 Å². The van der Waals surface area contributed by atoms with E-state index in [1.807, 2.05) is 11.8 Å². The predicted molar refractivity (Wildman–Crippen MR) is 61.6 cm³/mol. The van der Waals surface area contributed by atoms with Crippen LogP contribution in [0, 0.1) is 0 Å². The summed E-state index contributed by atoms with van der Waals surface area (Å²) in [5.41, 5.74) is 3.03. The molecule has 1 saturated heterocycles. The Morgan fingerprint density at radius 2 is 2.21 bits per heavy atom. The Morgan fingerprint density at radius 1 is 1.29 bits per heavy atom. The smallest absolute Gasteiger partial charge is 0.0432 e. The van der Waals surface area contributed by atoms with Crippen LogP contribution in [-0.4, -0.2) is 18.3 Å². The highest BCUT2D eigenvalue weighted by Crippen LogP contribution is 2.38. The number of rotatable bonds is 0. The summed E-state index contributed by atoms with van der Waals surface area (Å²) in [5.74, 6) is 0. The first-order valence-corrected chi connectivity index (χ1v) is 5.98. The maximum Gasteiger partial charge on any atom is 0.0432 e. The lowest BCUT2D eigenvalue weighted by Crippen LogP contribution is -2.34. The Bertz CT molecular complexity index is 384. The normalized spacial score (nSPS) is 24.9. The average molecular weight is 203 g/mol. The lowest BCUT2D eigenvalue weighted by molar-refractivity contribution is 0.621. The fourth-order valence-electron chi connectivity index (χ4n) is 2.10. The maximum atomic E-state index is 3.45. The second kappa shape index (κ2) is 3.44. The van der Waals surface area contributed by atoms with Gasteiger partial charge in [0.1, 0.15) is 0 Å². The molecule has 0 spiro atoms. The Kier molecular flexibility index (Phi) is 2.11. The van der Waals surface area contributed by atoms with Crippen molar-refractivity contribution in [3.63, 3.8) is 0 Å². The molecule has 0 aromatic heterocycles. The van der Waals surface area contributed by atoms with Gasteiger partial charge in [-0.1, -0.05) is 29.8 Å². The van der Waals surface area contributed by atoms with Gasteiger partial charge in [-0.05, 0) is 24.6 Å². The van der Waals surface area contributed by atoms with Crippen molar-refractivity contribution in [3.8, 4) is 0 Å². The Balaban J connectivity index is 2.03. The van der Waals surface area contributed by atoms with Crippen LogP contribution in [0.5, 0.6) is 0 Å². The second-order valence-corrected chi connectivity index (χ2v) is 5.06. The van der Waals surface area contributed by atoms with Gasteiger partial charge < -0.3 is 5.32 Å². The third kappa shape index (κ3) is 1.39. The van der Waals surface area contributed by atoms with Crippen LogP contribution in [-0.2, 0) is 0 Å². The number of thioether (sulfide) groups is 1. The minimum absolute atomic E-state index is 0.679. The number of hydrogen-bond acceptors (Lipinski definition) is 2. The van der Waals surface area contributed by atoms with E-state index in [0.717, 1.165) is 13.1 Å². The van der Waals surface area contributed by atoms with E-state index in [1.54, 1.807) is 5.57 Å². The van der Waals surface area contributed by atoms with Gasteiger partial charge in [0.2, 0.25) is 0 Å². The topological polar surface area (TPSA) is 12.0 Å². The molecular weight excluding hydrogens is 190 g/mol. The van der Waals surface area contributed by atoms with Crippen molar-refractivity contribution >= 4 is 17.8 Å². The van der Waals surface area contributed by atoms with E-state index in [2.05, 4.69) is 35.7 Å². The maximum absolute atomic E-state index is 3.45. The highest BCUT2D eigenvalue weighted by atomic mass is 32.2. The summed E-state index contributed by atoms with van der Waals surface area (Å²) < 4.78 is 0. The van der Waals surface area contributed by atoms with Crippen molar-refractivity contribution in [2.75, 3.05) is 13.1 Å². The number of benzene rings is 1. The van der Waals surface area contributed by atoms with Gasteiger partial charge in [-0.3, -0.25) is 0 Å². The van der Waals surface area contributed by atoms with Crippen molar-refractivity contribution in [1.82, 2.24) is 5.32 Å². The van der Waals surface area contributed by atoms with Crippen LogP contribution in [0.2, 0.25) is 0 Å². The molecule has 3 rings (SSSR count). The molecule has 1 fully saturated rings. The predicted octanol–water partition coefficient (Wildman–Crippen LogP) is 2.54. The van der Waals surface area contributed by atoms with Crippen molar-refractivity contribution in [2.24, 2.45) is 0 Å². The number of piperidine rings is 1. The van der Waals surface area contributed by atoms with Crippen LogP contribution in [0.1, 0.15) is 12.0 Å². The van der Waals surface area contributed by atoms with Crippen LogP contribution in [0.25, 0.3) is 6.08 Å². The summed E-state index contributed by atoms with van der Waals surface area (Å²) in [6, 6.07) is 8.69. The zero-order valence-electron chi connectivity index (χ0n) is 7.99. The molecule has 1 aromatic rings. The second-order valence-electron chi connectivity index (χ2n) is 3.82. The van der Waals surface area contributed by atoms with E-state index < -0.39 is 0 Å². The quantitative estimate of drug-likeness (QED) is 0.695.